The summed E-state index contributed by atoms with van der Waals surface area (Å²) in [5.74, 6) is 0.518. The summed E-state index contributed by atoms with van der Waals surface area (Å²) in [6.45, 7) is 3.37. The van der Waals surface area contributed by atoms with Crippen LogP contribution in [-0.4, -0.2) is 59.6 Å². The minimum Gasteiger partial charge on any atom is -0.762 e. The van der Waals surface area contributed by atoms with Crippen LogP contribution in [0.4, 0.5) is 0 Å². The van der Waals surface area contributed by atoms with E-state index in [1.165, 1.54) is 7.11 Å². The molecule has 3 N–H and O–H groups in total. The van der Waals surface area contributed by atoms with Crippen molar-refractivity contribution in [1.82, 2.24) is 10.1 Å². The molecule has 2 rings (SSSR count). The summed E-state index contributed by atoms with van der Waals surface area (Å²) < 4.78 is 5.23. The first-order valence-corrected chi connectivity index (χ1v) is 8.12. The van der Waals surface area contributed by atoms with Gasteiger partial charge in [-0.1, -0.05) is 6.92 Å². The van der Waals surface area contributed by atoms with Crippen molar-refractivity contribution in [2.24, 2.45) is 17.6 Å². The van der Waals surface area contributed by atoms with Crippen molar-refractivity contribution in [2.45, 2.75) is 57.3 Å². The van der Waals surface area contributed by atoms with E-state index in [-0.39, 0.29) is 29.2 Å². The topological polar surface area (TPSA) is 102 Å². The third-order valence-electron chi connectivity index (χ3n) is 5.18. The average Bonchev–Trinajstić information content (AvgIpc) is 2.49. The smallest absolute Gasteiger partial charge is 0.150 e. The van der Waals surface area contributed by atoms with Crippen molar-refractivity contribution < 1.29 is 14.7 Å². The van der Waals surface area contributed by atoms with Gasteiger partial charge in [-0.15, -0.1) is 0 Å². The van der Waals surface area contributed by atoms with E-state index in [1.54, 1.807) is 0 Å². The fourth-order valence-corrected chi connectivity index (χ4v) is 3.68. The number of nitrogens with zero attached hydrogens (tertiary/aromatic N) is 2. The molecule has 0 aromatic heterocycles. The Hall–Kier alpha value is -0.570. The van der Waals surface area contributed by atoms with Gasteiger partial charge in [-0.2, -0.15) is 0 Å². The van der Waals surface area contributed by atoms with Crippen LogP contribution in [0.5, 0.6) is 0 Å². The Kier molecular flexibility index (Phi) is 6.31. The van der Waals surface area contributed by atoms with Crippen LogP contribution in [0, 0.1) is 17.0 Å². The fourth-order valence-electron chi connectivity index (χ4n) is 3.68. The fraction of sp³-hybridized carbons (Fsp3) is 0.933. The van der Waals surface area contributed by atoms with E-state index >= 15 is 0 Å². The highest BCUT2D eigenvalue weighted by Gasteiger charge is 2.36. The molecule has 128 valence electrons. The number of hydroxylamine groups is 2. The maximum absolute atomic E-state index is 12.5. The second kappa shape index (κ2) is 7.81. The molecule has 0 aromatic carbocycles. The molecule has 5 atom stereocenters. The molecule has 2 aliphatic rings. The van der Waals surface area contributed by atoms with E-state index < -0.39 is 6.04 Å². The highest BCUT2D eigenvalue weighted by molar-refractivity contribution is 5.83. The van der Waals surface area contributed by atoms with Crippen LogP contribution in [0.3, 0.4) is 0 Å². The van der Waals surface area contributed by atoms with Gasteiger partial charge in [0.05, 0.1) is 18.8 Å². The van der Waals surface area contributed by atoms with E-state index in [9.17, 15) is 15.2 Å². The maximum atomic E-state index is 12.5. The lowest BCUT2D eigenvalue weighted by Crippen LogP contribution is -2.51. The summed E-state index contributed by atoms with van der Waals surface area (Å²) in [6, 6.07) is -0.664. The third kappa shape index (κ3) is 4.24. The first kappa shape index (κ1) is 17.8. The minimum absolute atomic E-state index is 0.0537. The Morgan fingerprint density at radius 2 is 2.14 bits per heavy atom. The molecule has 1 aliphatic carbocycles. The van der Waals surface area contributed by atoms with E-state index in [2.05, 4.69) is 6.92 Å². The summed E-state index contributed by atoms with van der Waals surface area (Å²) in [4.78, 5) is 14.6. The lowest BCUT2D eigenvalue weighted by Gasteiger charge is -2.42. The van der Waals surface area contributed by atoms with Gasteiger partial charge >= 0.3 is 0 Å². The number of hydrogen-bond acceptors (Lipinski definition) is 7. The number of carbonyl (C=O) groups is 1. The summed E-state index contributed by atoms with van der Waals surface area (Å²) in [6.07, 6.45) is 3.25. The predicted molar refractivity (Wildman–Crippen MR) is 81.9 cm³/mol. The average molecular weight is 314 g/mol. The van der Waals surface area contributed by atoms with Crippen molar-refractivity contribution >= 4 is 5.78 Å². The minimum atomic E-state index is -0.664. The standard InChI is InChI=1S/C15H28N3O4/c1-10-5-6-17(15(16)7-10)9-13(19)11-3-4-14(22-2)12(8-11)18(20)21/h10-12,14-15,20H,3-9,16H2,1-2H3/q-1. The van der Waals surface area contributed by atoms with Crippen molar-refractivity contribution in [3.05, 3.63) is 5.21 Å². The molecule has 0 bridgehead atoms. The Balaban J connectivity index is 1.90. The van der Waals surface area contributed by atoms with Gasteiger partial charge in [-0.05, 0) is 38.0 Å². The molecule has 1 saturated heterocycles. The van der Waals surface area contributed by atoms with Gasteiger partial charge in [-0.25, -0.2) is 0 Å². The van der Waals surface area contributed by atoms with Crippen LogP contribution in [0.25, 0.3) is 0 Å². The normalized spacial score (nSPS) is 37.5. The molecule has 0 aromatic rings. The monoisotopic (exact) mass is 314 g/mol. The number of methoxy groups -OCH3 is 1. The molecule has 5 unspecified atom stereocenters. The largest absolute Gasteiger partial charge is 0.762 e. The van der Waals surface area contributed by atoms with Crippen molar-refractivity contribution in [1.29, 1.82) is 0 Å². The van der Waals surface area contributed by atoms with Crippen LogP contribution >= 0.6 is 0 Å². The second-order valence-corrected chi connectivity index (χ2v) is 6.79. The lowest BCUT2D eigenvalue weighted by molar-refractivity contribution is -0.148. The summed E-state index contributed by atoms with van der Waals surface area (Å²) in [5, 5.41) is 20.4. The van der Waals surface area contributed by atoms with E-state index in [1.807, 2.05) is 4.90 Å². The SMILES string of the molecule is COC1CCC(C(=O)CN2CCC(C)CC2N)CC1N([O-])O. The summed E-state index contributed by atoms with van der Waals surface area (Å²) >= 11 is 0. The van der Waals surface area contributed by atoms with Gasteiger partial charge in [0.2, 0.25) is 0 Å². The first-order valence-electron chi connectivity index (χ1n) is 8.12. The van der Waals surface area contributed by atoms with Crippen LogP contribution in [0.2, 0.25) is 0 Å². The molecular weight excluding hydrogens is 286 g/mol. The molecule has 1 saturated carbocycles. The van der Waals surface area contributed by atoms with Crippen molar-refractivity contribution in [3.8, 4) is 0 Å². The number of carbonyl (C=O) groups excluding carboxylic acids is 1. The van der Waals surface area contributed by atoms with E-state index in [0.717, 1.165) is 19.4 Å². The van der Waals surface area contributed by atoms with E-state index in [4.69, 9.17) is 10.5 Å². The molecule has 22 heavy (non-hydrogen) atoms. The van der Waals surface area contributed by atoms with Gasteiger partial charge < -0.3 is 20.9 Å². The number of Topliss-reactive ketones (excluding diaryl/α,β-unsaturated/α-hetero) is 1. The number of ether oxygens (including phenoxy) is 1. The van der Waals surface area contributed by atoms with Crippen LogP contribution < -0.4 is 5.73 Å². The van der Waals surface area contributed by atoms with Gasteiger partial charge in [0.1, 0.15) is 5.78 Å². The van der Waals surface area contributed by atoms with Gasteiger partial charge in [0, 0.05) is 25.6 Å². The number of rotatable bonds is 5. The number of ketones is 1. The van der Waals surface area contributed by atoms with Gasteiger partial charge in [0.25, 0.3) is 0 Å². The van der Waals surface area contributed by atoms with Crippen molar-refractivity contribution in [3.63, 3.8) is 0 Å². The maximum Gasteiger partial charge on any atom is 0.150 e. The molecule has 7 heteroatoms. The Morgan fingerprint density at radius 3 is 2.73 bits per heavy atom. The summed E-state index contributed by atoms with van der Waals surface area (Å²) in [7, 11) is 1.53. The molecule has 0 spiro atoms. The first-order chi connectivity index (χ1) is 10.4. The van der Waals surface area contributed by atoms with Crippen molar-refractivity contribution in [2.75, 3.05) is 20.2 Å². The summed E-state index contributed by atoms with van der Waals surface area (Å²) in [5.41, 5.74) is 6.12. The molecule has 2 fully saturated rings. The van der Waals surface area contributed by atoms with Crippen LogP contribution in [0.15, 0.2) is 0 Å². The highest BCUT2D eigenvalue weighted by Crippen LogP contribution is 2.30. The molecule has 1 heterocycles. The van der Waals surface area contributed by atoms with Gasteiger partial charge in [0.15, 0.2) is 0 Å². The Bertz CT molecular complexity index is 380. The Morgan fingerprint density at radius 1 is 1.41 bits per heavy atom. The highest BCUT2D eigenvalue weighted by atomic mass is 16.8. The Labute approximate surface area is 131 Å². The zero-order chi connectivity index (χ0) is 16.3. The number of piperidine rings is 1. The third-order valence-corrected chi connectivity index (χ3v) is 5.18. The molecule has 1 aliphatic heterocycles. The number of hydrogen-bond donors (Lipinski definition) is 2. The molecule has 0 amide bonds. The predicted octanol–water partition coefficient (Wildman–Crippen LogP) is 0.945. The lowest BCUT2D eigenvalue weighted by atomic mass is 9.81. The quantitative estimate of drug-likeness (QED) is 0.728. The molecular formula is C15H28N3O4-. The van der Waals surface area contributed by atoms with Crippen LogP contribution in [-0.2, 0) is 9.53 Å². The second-order valence-electron chi connectivity index (χ2n) is 6.79. The number of nitrogens with two attached hydrogens (primary N) is 1. The zero-order valence-electron chi connectivity index (χ0n) is 13.5. The number of likely N-dealkylation sites (tertiary alicyclic amines) is 1. The molecule has 0 radical (unpaired) electrons. The molecule has 7 nitrogen and oxygen atoms in total. The zero-order valence-corrected chi connectivity index (χ0v) is 13.5. The van der Waals surface area contributed by atoms with Gasteiger partial charge in [-0.3, -0.25) is 14.9 Å². The van der Waals surface area contributed by atoms with Crippen LogP contribution in [0.1, 0.15) is 39.0 Å². The van der Waals surface area contributed by atoms with E-state index in [0.29, 0.717) is 31.7 Å².